The molecule has 45 heavy (non-hydrogen) atoms. The van der Waals surface area contributed by atoms with Gasteiger partial charge in [-0.05, 0) is 73.4 Å². The van der Waals surface area contributed by atoms with Crippen molar-refractivity contribution in [2.45, 2.75) is 32.4 Å². The monoisotopic (exact) mass is 619 g/mol. The predicted molar refractivity (Wildman–Crippen MR) is 175 cm³/mol. The SMILES string of the molecule is COc1ccc(-c2ccc3cc(-c4c(-c5ccccc5)c5sc(C(=O)O)cc5n4CC(=O)N4CCCC4C)ccc3n2)cc1F. The zero-order valence-electron chi connectivity index (χ0n) is 24.8. The Balaban J connectivity index is 1.40. The number of carboxylic acids is 1. The summed E-state index contributed by atoms with van der Waals surface area (Å²) in [5, 5.41) is 10.8. The number of pyridine rings is 1. The standard InChI is InChI=1S/C36H30FN3O4S/c1-21-7-6-16-39(21)32(41)20-40-29-19-31(36(42)43)45-35(29)33(22-8-4-3-5-9-22)34(40)25-11-14-27-23(17-25)10-13-28(38-27)24-12-15-30(44-2)26(37)18-24/h3-5,8-15,17-19,21H,6-7,16,20H2,1-2H3,(H,42,43). The van der Waals surface area contributed by atoms with E-state index in [1.807, 2.05) is 70.1 Å². The highest BCUT2D eigenvalue weighted by Crippen LogP contribution is 2.45. The molecule has 1 fully saturated rings. The molecule has 7 rings (SSSR count). The summed E-state index contributed by atoms with van der Waals surface area (Å²) >= 11 is 1.23. The molecule has 1 atom stereocenters. The number of hydrogen-bond donors (Lipinski definition) is 1. The number of carbonyl (C=O) groups excluding carboxylic acids is 1. The second-order valence-electron chi connectivity index (χ2n) is 11.3. The number of rotatable bonds is 7. The highest BCUT2D eigenvalue weighted by atomic mass is 32.1. The first-order chi connectivity index (χ1) is 21.8. The molecular weight excluding hydrogens is 589 g/mol. The van der Waals surface area contributed by atoms with Gasteiger partial charge in [-0.25, -0.2) is 14.2 Å². The van der Waals surface area contributed by atoms with Crippen LogP contribution in [0.25, 0.3) is 54.8 Å². The van der Waals surface area contributed by atoms with Gasteiger partial charge in [-0.3, -0.25) is 4.79 Å². The number of fused-ring (bicyclic) bond motifs is 2. The second kappa shape index (κ2) is 11.5. The van der Waals surface area contributed by atoms with Crippen LogP contribution in [0.4, 0.5) is 4.39 Å². The number of likely N-dealkylation sites (tertiary alicyclic amines) is 1. The van der Waals surface area contributed by atoms with E-state index in [1.165, 1.54) is 24.5 Å². The molecule has 1 unspecified atom stereocenters. The van der Waals surface area contributed by atoms with Crippen molar-refractivity contribution in [2.75, 3.05) is 13.7 Å². The van der Waals surface area contributed by atoms with E-state index in [0.717, 1.165) is 62.9 Å². The van der Waals surface area contributed by atoms with Gasteiger partial charge in [0.2, 0.25) is 5.91 Å². The first-order valence-corrected chi connectivity index (χ1v) is 15.6. The Bertz CT molecular complexity index is 2100. The van der Waals surface area contributed by atoms with Crippen molar-refractivity contribution >= 4 is 44.3 Å². The van der Waals surface area contributed by atoms with E-state index in [1.54, 1.807) is 18.2 Å². The molecule has 1 aliphatic heterocycles. The number of ether oxygens (including phenoxy) is 1. The van der Waals surface area contributed by atoms with Crippen molar-refractivity contribution in [3.8, 4) is 39.4 Å². The van der Waals surface area contributed by atoms with Gasteiger partial charge in [0.25, 0.3) is 0 Å². The number of thiophene rings is 1. The minimum atomic E-state index is -0.993. The Hall–Kier alpha value is -5.02. The molecule has 1 amide bonds. The lowest BCUT2D eigenvalue weighted by Crippen LogP contribution is -2.36. The highest BCUT2D eigenvalue weighted by molar-refractivity contribution is 7.21. The Morgan fingerprint density at radius 2 is 1.80 bits per heavy atom. The number of aromatic carboxylic acids is 1. The maximum Gasteiger partial charge on any atom is 0.345 e. The van der Waals surface area contributed by atoms with E-state index < -0.39 is 11.8 Å². The van der Waals surface area contributed by atoms with Gasteiger partial charge in [0.05, 0.1) is 34.2 Å². The van der Waals surface area contributed by atoms with Crippen molar-refractivity contribution < 1.29 is 23.8 Å². The summed E-state index contributed by atoms with van der Waals surface area (Å²) in [5.74, 6) is -1.26. The van der Waals surface area contributed by atoms with E-state index in [-0.39, 0.29) is 29.1 Å². The Kier molecular flexibility index (Phi) is 7.33. The van der Waals surface area contributed by atoms with E-state index in [2.05, 4.69) is 6.92 Å². The number of carboxylic acid groups (broad SMARTS) is 1. The summed E-state index contributed by atoms with van der Waals surface area (Å²) in [6, 6.07) is 26.3. The van der Waals surface area contributed by atoms with Gasteiger partial charge in [0, 0.05) is 29.1 Å². The fourth-order valence-electron chi connectivity index (χ4n) is 6.36. The van der Waals surface area contributed by atoms with Gasteiger partial charge in [-0.15, -0.1) is 11.3 Å². The molecule has 0 saturated carbocycles. The average molecular weight is 620 g/mol. The van der Waals surface area contributed by atoms with Crippen molar-refractivity contribution in [3.63, 3.8) is 0 Å². The van der Waals surface area contributed by atoms with Crippen LogP contribution in [0.2, 0.25) is 0 Å². The van der Waals surface area contributed by atoms with E-state index in [9.17, 15) is 19.1 Å². The largest absolute Gasteiger partial charge is 0.494 e. The van der Waals surface area contributed by atoms with Crippen LogP contribution in [0.3, 0.4) is 0 Å². The Labute approximate surface area is 263 Å². The van der Waals surface area contributed by atoms with Gasteiger partial charge in [-0.2, -0.15) is 0 Å². The third kappa shape index (κ3) is 5.13. The van der Waals surface area contributed by atoms with Gasteiger partial charge in [-0.1, -0.05) is 42.5 Å². The van der Waals surface area contributed by atoms with Crippen LogP contribution in [0.15, 0.2) is 84.9 Å². The normalized spacial score (nSPS) is 14.8. The third-order valence-electron chi connectivity index (χ3n) is 8.59. The number of methoxy groups -OCH3 is 1. The molecular formula is C36H30FN3O4S. The summed E-state index contributed by atoms with van der Waals surface area (Å²) in [7, 11) is 1.43. The fraction of sp³-hybridized carbons (Fsp3) is 0.194. The maximum atomic E-state index is 14.4. The molecule has 3 aromatic heterocycles. The van der Waals surface area contributed by atoms with Gasteiger partial charge in [0.1, 0.15) is 11.4 Å². The number of hydrogen-bond acceptors (Lipinski definition) is 5. The maximum absolute atomic E-state index is 14.4. The number of nitrogens with zero attached hydrogens (tertiary/aromatic N) is 3. The van der Waals surface area contributed by atoms with Crippen LogP contribution < -0.4 is 4.74 Å². The molecule has 0 radical (unpaired) electrons. The Morgan fingerprint density at radius 1 is 1.00 bits per heavy atom. The number of benzene rings is 3. The number of carbonyl (C=O) groups is 2. The fourth-order valence-corrected chi connectivity index (χ4v) is 7.42. The number of halogens is 1. The third-order valence-corrected chi connectivity index (χ3v) is 9.72. The van der Waals surface area contributed by atoms with Crippen LogP contribution in [-0.2, 0) is 11.3 Å². The molecule has 0 aliphatic carbocycles. The van der Waals surface area contributed by atoms with Crippen molar-refractivity contribution in [3.05, 3.63) is 95.6 Å². The first kappa shape index (κ1) is 28.7. The smallest absolute Gasteiger partial charge is 0.345 e. The minimum Gasteiger partial charge on any atom is -0.494 e. The average Bonchev–Trinajstić information content (AvgIpc) is 3.75. The summed E-state index contributed by atoms with van der Waals surface area (Å²) in [4.78, 5) is 32.8. The summed E-state index contributed by atoms with van der Waals surface area (Å²) in [6.45, 7) is 2.89. The highest BCUT2D eigenvalue weighted by Gasteiger charge is 2.29. The molecule has 4 heterocycles. The van der Waals surface area contributed by atoms with E-state index in [0.29, 0.717) is 11.3 Å². The lowest BCUT2D eigenvalue weighted by molar-refractivity contribution is -0.132. The van der Waals surface area contributed by atoms with Crippen molar-refractivity contribution in [1.82, 2.24) is 14.5 Å². The Morgan fingerprint density at radius 3 is 2.51 bits per heavy atom. The summed E-state index contributed by atoms with van der Waals surface area (Å²) in [6.07, 6.45) is 1.94. The van der Waals surface area contributed by atoms with Crippen molar-refractivity contribution in [1.29, 1.82) is 0 Å². The van der Waals surface area contributed by atoms with Gasteiger partial charge >= 0.3 is 5.97 Å². The molecule has 1 N–H and O–H groups in total. The molecule has 7 nitrogen and oxygen atoms in total. The minimum absolute atomic E-state index is 0.0136. The van der Waals surface area contributed by atoms with Crippen LogP contribution in [0.5, 0.6) is 5.75 Å². The van der Waals surface area contributed by atoms with E-state index >= 15 is 0 Å². The van der Waals surface area contributed by atoms with Crippen LogP contribution in [0.1, 0.15) is 29.4 Å². The molecule has 1 aliphatic rings. The molecule has 9 heteroatoms. The zero-order chi connectivity index (χ0) is 31.2. The number of amides is 1. The summed E-state index contributed by atoms with van der Waals surface area (Å²) in [5.41, 5.74) is 6.30. The predicted octanol–water partition coefficient (Wildman–Crippen LogP) is 8.11. The van der Waals surface area contributed by atoms with E-state index in [4.69, 9.17) is 9.72 Å². The first-order valence-electron chi connectivity index (χ1n) is 14.8. The molecule has 3 aromatic carbocycles. The lowest BCUT2D eigenvalue weighted by atomic mass is 9.99. The van der Waals surface area contributed by atoms with Crippen LogP contribution >= 0.6 is 11.3 Å². The molecule has 0 spiro atoms. The second-order valence-corrected chi connectivity index (χ2v) is 12.4. The molecule has 0 bridgehead atoms. The number of aromatic nitrogens is 2. The molecule has 6 aromatic rings. The van der Waals surface area contributed by atoms with Crippen molar-refractivity contribution in [2.24, 2.45) is 0 Å². The lowest BCUT2D eigenvalue weighted by Gasteiger charge is -2.23. The molecule has 1 saturated heterocycles. The zero-order valence-corrected chi connectivity index (χ0v) is 25.6. The van der Waals surface area contributed by atoms with Crippen LogP contribution in [-0.4, -0.2) is 51.1 Å². The topological polar surface area (TPSA) is 84.7 Å². The van der Waals surface area contributed by atoms with Crippen LogP contribution in [0, 0.1) is 5.82 Å². The summed E-state index contributed by atoms with van der Waals surface area (Å²) < 4.78 is 22.3. The molecule has 226 valence electrons. The van der Waals surface area contributed by atoms with Gasteiger partial charge < -0.3 is 19.3 Å². The van der Waals surface area contributed by atoms with Gasteiger partial charge in [0.15, 0.2) is 11.6 Å². The quantitative estimate of drug-likeness (QED) is 0.195.